The van der Waals surface area contributed by atoms with E-state index < -0.39 is 0 Å². The van der Waals surface area contributed by atoms with Crippen molar-refractivity contribution < 1.29 is 9.47 Å². The van der Waals surface area contributed by atoms with Gasteiger partial charge in [-0.3, -0.25) is 0 Å². The van der Waals surface area contributed by atoms with Crippen LogP contribution in [-0.2, 0) is 6.42 Å². The first-order valence-corrected chi connectivity index (χ1v) is 7.27. The van der Waals surface area contributed by atoms with Crippen LogP contribution in [0.4, 0.5) is 0 Å². The maximum Gasteiger partial charge on any atom is 0.175 e. The van der Waals surface area contributed by atoms with E-state index in [0.29, 0.717) is 6.10 Å². The van der Waals surface area contributed by atoms with Gasteiger partial charge in [-0.2, -0.15) is 0 Å². The summed E-state index contributed by atoms with van der Waals surface area (Å²) in [5.74, 6) is 1.65. The van der Waals surface area contributed by atoms with Gasteiger partial charge in [0.1, 0.15) is 0 Å². The second-order valence-electron chi connectivity index (χ2n) is 4.67. The average molecular weight is 314 g/mol. The van der Waals surface area contributed by atoms with Crippen LogP contribution < -0.4 is 15.2 Å². The first kappa shape index (κ1) is 13.7. The number of rotatable bonds is 7. The van der Waals surface area contributed by atoms with Crippen molar-refractivity contribution in [3.8, 4) is 11.5 Å². The monoisotopic (exact) mass is 313 g/mol. The molecule has 1 aromatic carbocycles. The van der Waals surface area contributed by atoms with Crippen molar-refractivity contribution in [1.82, 2.24) is 0 Å². The Morgan fingerprint density at radius 2 is 2.11 bits per heavy atom. The molecule has 1 saturated carbocycles. The van der Waals surface area contributed by atoms with Crippen molar-refractivity contribution in [1.29, 1.82) is 0 Å². The minimum Gasteiger partial charge on any atom is -0.493 e. The Labute approximate surface area is 117 Å². The molecular weight excluding hydrogens is 294 g/mol. The van der Waals surface area contributed by atoms with E-state index in [4.69, 9.17) is 15.2 Å². The molecule has 0 bridgehead atoms. The molecule has 0 aromatic heterocycles. The van der Waals surface area contributed by atoms with Gasteiger partial charge in [-0.05, 0) is 72.3 Å². The molecule has 1 aromatic rings. The van der Waals surface area contributed by atoms with Gasteiger partial charge >= 0.3 is 0 Å². The third-order valence-electron chi connectivity index (χ3n) is 3.02. The highest BCUT2D eigenvalue weighted by atomic mass is 79.9. The molecule has 0 amide bonds. The Hall–Kier alpha value is -0.740. The predicted octanol–water partition coefficient (Wildman–Crippen LogP) is 3.28. The number of hydrogen-bond donors (Lipinski definition) is 1. The minimum absolute atomic E-state index is 0.373. The van der Waals surface area contributed by atoms with E-state index in [1.54, 1.807) is 7.11 Å². The molecular formula is C14H20BrNO2. The van der Waals surface area contributed by atoms with Crippen molar-refractivity contribution in [2.24, 2.45) is 5.73 Å². The summed E-state index contributed by atoms with van der Waals surface area (Å²) in [6.45, 7) is 0.751. The molecule has 2 N–H and O–H groups in total. The van der Waals surface area contributed by atoms with E-state index in [9.17, 15) is 0 Å². The summed E-state index contributed by atoms with van der Waals surface area (Å²) in [4.78, 5) is 0. The second-order valence-corrected chi connectivity index (χ2v) is 5.53. The van der Waals surface area contributed by atoms with Crippen LogP contribution in [0.25, 0.3) is 0 Å². The fraction of sp³-hybridized carbons (Fsp3) is 0.571. The molecule has 4 heteroatoms. The lowest BCUT2D eigenvalue weighted by molar-refractivity contribution is 0.280. The molecule has 18 heavy (non-hydrogen) atoms. The van der Waals surface area contributed by atoms with Crippen molar-refractivity contribution in [3.63, 3.8) is 0 Å². The molecule has 0 atom stereocenters. The zero-order valence-corrected chi connectivity index (χ0v) is 12.3. The highest BCUT2D eigenvalue weighted by Gasteiger charge is 2.26. The Morgan fingerprint density at radius 3 is 2.72 bits per heavy atom. The molecule has 2 rings (SSSR count). The molecule has 0 spiro atoms. The SMILES string of the molecule is COc1cc(CCCCN)cc(Br)c1OC1CC1. The largest absolute Gasteiger partial charge is 0.493 e. The van der Waals surface area contributed by atoms with E-state index in [1.807, 2.05) is 0 Å². The van der Waals surface area contributed by atoms with E-state index in [0.717, 1.165) is 54.6 Å². The summed E-state index contributed by atoms with van der Waals surface area (Å²) in [5, 5.41) is 0. The van der Waals surface area contributed by atoms with E-state index in [2.05, 4.69) is 28.1 Å². The van der Waals surface area contributed by atoms with Gasteiger partial charge in [0.2, 0.25) is 0 Å². The number of halogens is 1. The average Bonchev–Trinajstić information content (AvgIpc) is 3.16. The zero-order chi connectivity index (χ0) is 13.0. The summed E-state index contributed by atoms with van der Waals surface area (Å²) < 4.78 is 12.3. The summed E-state index contributed by atoms with van der Waals surface area (Å²) >= 11 is 3.57. The van der Waals surface area contributed by atoms with Gasteiger partial charge in [-0.1, -0.05) is 0 Å². The molecule has 0 unspecified atom stereocenters. The van der Waals surface area contributed by atoms with Crippen LogP contribution in [0, 0.1) is 0 Å². The molecule has 1 fully saturated rings. The maximum absolute atomic E-state index is 5.87. The molecule has 0 radical (unpaired) electrons. The number of nitrogens with two attached hydrogens (primary N) is 1. The fourth-order valence-corrected chi connectivity index (χ4v) is 2.44. The zero-order valence-electron chi connectivity index (χ0n) is 10.7. The summed E-state index contributed by atoms with van der Waals surface area (Å²) in [7, 11) is 1.69. The first-order valence-electron chi connectivity index (χ1n) is 6.47. The van der Waals surface area contributed by atoms with Crippen molar-refractivity contribution >= 4 is 15.9 Å². The highest BCUT2D eigenvalue weighted by molar-refractivity contribution is 9.10. The van der Waals surface area contributed by atoms with E-state index in [1.165, 1.54) is 5.56 Å². The quantitative estimate of drug-likeness (QED) is 0.786. The molecule has 0 aliphatic heterocycles. The van der Waals surface area contributed by atoms with E-state index >= 15 is 0 Å². The molecule has 0 heterocycles. The summed E-state index contributed by atoms with van der Waals surface area (Å²) in [5.41, 5.74) is 6.77. The highest BCUT2D eigenvalue weighted by Crippen LogP contribution is 2.40. The smallest absolute Gasteiger partial charge is 0.175 e. The van der Waals surface area contributed by atoms with Crippen LogP contribution in [0.1, 0.15) is 31.2 Å². The Bertz CT molecular complexity index is 405. The fourth-order valence-electron chi connectivity index (χ4n) is 1.86. The molecule has 1 aliphatic carbocycles. The Morgan fingerprint density at radius 1 is 1.33 bits per heavy atom. The van der Waals surface area contributed by atoms with Crippen molar-refractivity contribution in [2.75, 3.05) is 13.7 Å². The Balaban J connectivity index is 2.10. The number of ether oxygens (including phenoxy) is 2. The summed E-state index contributed by atoms with van der Waals surface area (Å²) in [6, 6.07) is 4.19. The molecule has 0 saturated heterocycles. The van der Waals surface area contributed by atoms with Gasteiger partial charge in [-0.15, -0.1) is 0 Å². The Kier molecular flexibility index (Phi) is 4.89. The van der Waals surface area contributed by atoms with Gasteiger partial charge in [0.25, 0.3) is 0 Å². The lowest BCUT2D eigenvalue weighted by atomic mass is 10.1. The molecule has 1 aliphatic rings. The number of hydrogen-bond acceptors (Lipinski definition) is 3. The summed E-state index contributed by atoms with van der Waals surface area (Å²) in [6.07, 6.45) is 5.85. The van der Waals surface area contributed by atoms with Gasteiger partial charge in [0, 0.05) is 0 Å². The second kappa shape index (κ2) is 6.43. The predicted molar refractivity (Wildman–Crippen MR) is 76.3 cm³/mol. The number of unbranched alkanes of at least 4 members (excludes halogenated alkanes) is 1. The van der Waals surface area contributed by atoms with Crippen LogP contribution in [0.3, 0.4) is 0 Å². The van der Waals surface area contributed by atoms with Crippen LogP contribution in [0.2, 0.25) is 0 Å². The van der Waals surface area contributed by atoms with Crippen molar-refractivity contribution in [2.45, 2.75) is 38.2 Å². The lowest BCUT2D eigenvalue weighted by Crippen LogP contribution is -2.02. The topological polar surface area (TPSA) is 44.5 Å². The minimum atomic E-state index is 0.373. The standard InChI is InChI=1S/C14H20BrNO2/c1-17-13-9-10(4-2-3-7-16)8-12(15)14(13)18-11-5-6-11/h8-9,11H,2-7,16H2,1H3. The van der Waals surface area contributed by atoms with Crippen LogP contribution in [-0.4, -0.2) is 19.8 Å². The molecule has 100 valence electrons. The van der Waals surface area contributed by atoms with Crippen LogP contribution in [0.5, 0.6) is 11.5 Å². The maximum atomic E-state index is 5.87. The van der Waals surface area contributed by atoms with Crippen LogP contribution >= 0.6 is 15.9 Å². The van der Waals surface area contributed by atoms with E-state index in [-0.39, 0.29) is 0 Å². The number of benzene rings is 1. The van der Waals surface area contributed by atoms with Gasteiger partial charge < -0.3 is 15.2 Å². The third-order valence-corrected chi connectivity index (χ3v) is 3.61. The van der Waals surface area contributed by atoms with Crippen molar-refractivity contribution in [3.05, 3.63) is 22.2 Å². The van der Waals surface area contributed by atoms with Crippen LogP contribution in [0.15, 0.2) is 16.6 Å². The first-order chi connectivity index (χ1) is 8.74. The number of aryl methyl sites for hydroxylation is 1. The van der Waals surface area contributed by atoms with Gasteiger partial charge in [0.15, 0.2) is 11.5 Å². The lowest BCUT2D eigenvalue weighted by Gasteiger charge is -2.14. The van der Waals surface area contributed by atoms with Gasteiger partial charge in [-0.25, -0.2) is 0 Å². The molecule has 3 nitrogen and oxygen atoms in total. The third kappa shape index (κ3) is 3.62. The normalized spacial score (nSPS) is 14.6. The number of methoxy groups -OCH3 is 1. The van der Waals surface area contributed by atoms with Gasteiger partial charge in [0.05, 0.1) is 17.7 Å².